The van der Waals surface area contributed by atoms with E-state index in [0.717, 1.165) is 44.8 Å². The number of hydrogen-bond acceptors (Lipinski definition) is 5. The minimum absolute atomic E-state index is 0.198. The fourth-order valence-corrected chi connectivity index (χ4v) is 3.95. The Hall–Kier alpha value is -2.28. The van der Waals surface area contributed by atoms with Gasteiger partial charge in [-0.15, -0.1) is 5.10 Å². The number of benzene rings is 1. The zero-order valence-corrected chi connectivity index (χ0v) is 14.6. The van der Waals surface area contributed by atoms with Crippen LogP contribution in [0.25, 0.3) is 0 Å². The van der Waals surface area contributed by atoms with Gasteiger partial charge in [-0.1, -0.05) is 24.3 Å². The second-order valence-electron chi connectivity index (χ2n) is 6.95. The Bertz CT molecular complexity index is 725. The molecule has 2 heterocycles. The highest BCUT2D eigenvalue weighted by molar-refractivity contribution is 5.76. The van der Waals surface area contributed by atoms with E-state index in [1.54, 1.807) is 4.68 Å². The standard InChI is InChI=1S/C18H24N6O/c1-14-19-20-21-24(14)7-6-18(25)23-10-8-22(9-11-23)17-12-15-4-2-3-5-16(15)13-17/h2-5,17H,6-13H2,1H3. The Morgan fingerprint density at radius 1 is 1.12 bits per heavy atom. The van der Waals surface area contributed by atoms with Gasteiger partial charge >= 0.3 is 0 Å². The summed E-state index contributed by atoms with van der Waals surface area (Å²) in [5, 5.41) is 11.4. The molecule has 25 heavy (non-hydrogen) atoms. The molecule has 1 aromatic carbocycles. The van der Waals surface area contributed by atoms with Gasteiger partial charge in [0.1, 0.15) is 5.82 Å². The number of rotatable bonds is 4. The van der Waals surface area contributed by atoms with Crippen molar-refractivity contribution in [2.45, 2.75) is 38.8 Å². The Labute approximate surface area is 147 Å². The van der Waals surface area contributed by atoms with Crippen molar-refractivity contribution in [3.8, 4) is 0 Å². The van der Waals surface area contributed by atoms with Crippen LogP contribution in [0.15, 0.2) is 24.3 Å². The Morgan fingerprint density at radius 2 is 1.80 bits per heavy atom. The quantitative estimate of drug-likeness (QED) is 0.819. The summed E-state index contributed by atoms with van der Waals surface area (Å²) in [6.07, 6.45) is 2.74. The van der Waals surface area contributed by atoms with E-state index >= 15 is 0 Å². The van der Waals surface area contributed by atoms with Gasteiger partial charge in [0.15, 0.2) is 0 Å². The molecule has 0 atom stereocenters. The monoisotopic (exact) mass is 340 g/mol. The van der Waals surface area contributed by atoms with E-state index in [-0.39, 0.29) is 5.91 Å². The molecule has 1 aliphatic heterocycles. The van der Waals surface area contributed by atoms with Crippen LogP contribution < -0.4 is 0 Å². The molecule has 1 aliphatic carbocycles. The van der Waals surface area contributed by atoms with E-state index in [0.29, 0.717) is 19.0 Å². The van der Waals surface area contributed by atoms with Crippen molar-refractivity contribution < 1.29 is 4.79 Å². The zero-order valence-electron chi connectivity index (χ0n) is 14.6. The molecule has 1 saturated heterocycles. The minimum Gasteiger partial charge on any atom is -0.340 e. The molecular formula is C18H24N6O. The number of tetrazole rings is 1. The van der Waals surface area contributed by atoms with Crippen molar-refractivity contribution in [2.24, 2.45) is 0 Å². The lowest BCUT2D eigenvalue weighted by atomic mass is 10.1. The highest BCUT2D eigenvalue weighted by atomic mass is 16.2. The van der Waals surface area contributed by atoms with Crippen LogP contribution in [0.2, 0.25) is 0 Å². The van der Waals surface area contributed by atoms with E-state index in [1.807, 2.05) is 11.8 Å². The molecule has 0 bridgehead atoms. The number of aryl methyl sites for hydroxylation is 2. The molecule has 0 N–H and O–H groups in total. The third-order valence-corrected chi connectivity index (χ3v) is 5.46. The van der Waals surface area contributed by atoms with E-state index in [2.05, 4.69) is 44.7 Å². The number of hydrogen-bond donors (Lipinski definition) is 0. The molecule has 2 aromatic rings. The number of piperazine rings is 1. The topological polar surface area (TPSA) is 67.2 Å². The average Bonchev–Trinajstić information content (AvgIpc) is 3.25. The SMILES string of the molecule is Cc1nnnn1CCC(=O)N1CCN(C2Cc3ccccc3C2)CC1. The van der Waals surface area contributed by atoms with Crippen LogP contribution in [0.4, 0.5) is 0 Å². The summed E-state index contributed by atoms with van der Waals surface area (Å²) in [5.41, 5.74) is 2.98. The number of amides is 1. The van der Waals surface area contributed by atoms with Crippen molar-refractivity contribution in [1.29, 1.82) is 0 Å². The third kappa shape index (κ3) is 3.42. The van der Waals surface area contributed by atoms with Gasteiger partial charge in [-0.2, -0.15) is 0 Å². The molecule has 0 saturated carbocycles. The molecule has 2 aliphatic rings. The second-order valence-corrected chi connectivity index (χ2v) is 6.95. The highest BCUT2D eigenvalue weighted by Gasteiger charge is 2.30. The molecule has 1 fully saturated rings. The summed E-state index contributed by atoms with van der Waals surface area (Å²) < 4.78 is 1.68. The van der Waals surface area contributed by atoms with Crippen molar-refractivity contribution in [3.63, 3.8) is 0 Å². The Kier molecular flexibility index (Phi) is 4.48. The molecule has 4 rings (SSSR count). The van der Waals surface area contributed by atoms with Gasteiger partial charge in [0.25, 0.3) is 0 Å². The van der Waals surface area contributed by atoms with Crippen LogP contribution in [0.5, 0.6) is 0 Å². The first-order valence-corrected chi connectivity index (χ1v) is 9.02. The molecule has 1 amide bonds. The zero-order chi connectivity index (χ0) is 17.2. The smallest absolute Gasteiger partial charge is 0.224 e. The fourth-order valence-electron chi connectivity index (χ4n) is 3.95. The van der Waals surface area contributed by atoms with Gasteiger partial charge in [-0.25, -0.2) is 4.68 Å². The number of carbonyl (C=O) groups is 1. The van der Waals surface area contributed by atoms with Crippen molar-refractivity contribution >= 4 is 5.91 Å². The first kappa shape index (κ1) is 16.2. The van der Waals surface area contributed by atoms with Crippen LogP contribution in [-0.2, 0) is 24.2 Å². The van der Waals surface area contributed by atoms with Crippen LogP contribution in [0.3, 0.4) is 0 Å². The highest BCUT2D eigenvalue weighted by Crippen LogP contribution is 2.26. The summed E-state index contributed by atoms with van der Waals surface area (Å²) >= 11 is 0. The third-order valence-electron chi connectivity index (χ3n) is 5.46. The van der Waals surface area contributed by atoms with Gasteiger partial charge in [-0.05, 0) is 41.3 Å². The number of aromatic nitrogens is 4. The molecule has 0 spiro atoms. The Morgan fingerprint density at radius 3 is 2.40 bits per heavy atom. The second kappa shape index (κ2) is 6.92. The fraction of sp³-hybridized carbons (Fsp3) is 0.556. The first-order chi connectivity index (χ1) is 12.2. The van der Waals surface area contributed by atoms with Crippen LogP contribution >= 0.6 is 0 Å². The summed E-state index contributed by atoms with van der Waals surface area (Å²) in [4.78, 5) is 17.0. The van der Waals surface area contributed by atoms with Gasteiger partial charge in [0.05, 0.1) is 6.54 Å². The number of carbonyl (C=O) groups excluding carboxylic acids is 1. The van der Waals surface area contributed by atoms with E-state index in [1.165, 1.54) is 11.1 Å². The van der Waals surface area contributed by atoms with Gasteiger partial charge in [0, 0.05) is 38.6 Å². The molecule has 7 nitrogen and oxygen atoms in total. The van der Waals surface area contributed by atoms with E-state index in [4.69, 9.17) is 0 Å². The van der Waals surface area contributed by atoms with Gasteiger partial charge in [0.2, 0.25) is 5.91 Å². The van der Waals surface area contributed by atoms with Crippen LogP contribution in [0, 0.1) is 6.92 Å². The van der Waals surface area contributed by atoms with E-state index < -0.39 is 0 Å². The molecule has 7 heteroatoms. The Balaban J connectivity index is 1.26. The van der Waals surface area contributed by atoms with Crippen LogP contribution in [0.1, 0.15) is 23.4 Å². The maximum Gasteiger partial charge on any atom is 0.224 e. The molecule has 132 valence electrons. The molecule has 0 radical (unpaired) electrons. The van der Waals surface area contributed by atoms with Crippen molar-refractivity contribution in [3.05, 3.63) is 41.2 Å². The lowest BCUT2D eigenvalue weighted by molar-refractivity contribution is -0.133. The molecule has 0 unspecified atom stereocenters. The summed E-state index contributed by atoms with van der Waals surface area (Å²) in [6, 6.07) is 9.35. The van der Waals surface area contributed by atoms with Crippen molar-refractivity contribution in [2.75, 3.05) is 26.2 Å². The number of fused-ring (bicyclic) bond motifs is 1. The number of nitrogens with zero attached hydrogens (tertiary/aromatic N) is 6. The normalized spacial score (nSPS) is 18.5. The maximum absolute atomic E-state index is 12.4. The average molecular weight is 340 g/mol. The van der Waals surface area contributed by atoms with Crippen LogP contribution in [-0.4, -0.2) is 68.1 Å². The predicted molar refractivity (Wildman–Crippen MR) is 93.0 cm³/mol. The summed E-state index contributed by atoms with van der Waals surface area (Å²) in [5.74, 6) is 0.947. The summed E-state index contributed by atoms with van der Waals surface area (Å²) in [6.45, 7) is 5.97. The maximum atomic E-state index is 12.4. The molecule has 1 aromatic heterocycles. The lowest BCUT2D eigenvalue weighted by Gasteiger charge is -2.38. The van der Waals surface area contributed by atoms with Gasteiger partial charge < -0.3 is 4.90 Å². The minimum atomic E-state index is 0.198. The predicted octanol–water partition coefficient (Wildman–Crippen LogP) is 0.683. The van der Waals surface area contributed by atoms with Gasteiger partial charge in [-0.3, -0.25) is 9.69 Å². The van der Waals surface area contributed by atoms with Crippen molar-refractivity contribution in [1.82, 2.24) is 30.0 Å². The summed E-state index contributed by atoms with van der Waals surface area (Å²) in [7, 11) is 0. The lowest BCUT2D eigenvalue weighted by Crippen LogP contribution is -2.52. The van der Waals surface area contributed by atoms with E-state index in [9.17, 15) is 4.79 Å². The molecular weight excluding hydrogens is 316 g/mol. The largest absolute Gasteiger partial charge is 0.340 e. The first-order valence-electron chi connectivity index (χ1n) is 9.02.